The molecule has 12 nitrogen and oxygen atoms in total. The predicted octanol–water partition coefficient (Wildman–Crippen LogP) is 3.88. The molecule has 1 saturated heterocycles. The molecule has 0 saturated carbocycles. The number of nitrogens with one attached hydrogen (secondary N) is 4. The molecule has 4 rings (SSSR count). The highest BCUT2D eigenvalue weighted by Crippen LogP contribution is 2.16. The summed E-state index contributed by atoms with van der Waals surface area (Å²) in [6.45, 7) is 4.04. The van der Waals surface area contributed by atoms with Crippen molar-refractivity contribution < 1.29 is 33.8 Å². The summed E-state index contributed by atoms with van der Waals surface area (Å²) in [6.07, 6.45) is -0.601. The molecule has 3 aromatic carbocycles. The lowest BCUT2D eigenvalue weighted by molar-refractivity contribution is -0.139. The molecular weight excluding hydrogens is 686 g/mol. The van der Waals surface area contributed by atoms with Crippen molar-refractivity contribution in [2.75, 3.05) is 13.1 Å². The topological polar surface area (TPSA) is 166 Å². The van der Waals surface area contributed by atoms with Crippen LogP contribution in [0.15, 0.2) is 84.9 Å². The molecule has 0 aromatic heterocycles. The normalized spacial score (nSPS) is 16.2. The summed E-state index contributed by atoms with van der Waals surface area (Å²) in [7, 11) is 0. The zero-order valence-electron chi connectivity index (χ0n) is 29.6. The van der Waals surface area contributed by atoms with Crippen LogP contribution in [0.5, 0.6) is 0 Å². The van der Waals surface area contributed by atoms with Gasteiger partial charge in [0.05, 0.1) is 25.1 Å². The summed E-state index contributed by atoms with van der Waals surface area (Å²) < 4.78 is 5.32. The number of hydrogen-bond donors (Lipinski definition) is 5. The average molecular weight is 734 g/mol. The third-order valence-corrected chi connectivity index (χ3v) is 8.98. The van der Waals surface area contributed by atoms with E-state index in [-0.39, 0.29) is 43.8 Å². The van der Waals surface area contributed by atoms with Crippen molar-refractivity contribution in [3.8, 4) is 0 Å². The standard InChI is InChI=1S/C39H48ClN5O7/c1-26(2)36(44-39(51)52-25-28-14-7-4-8-15-28)37(49)43-32(21-27-12-5-3-6-13-27)33(46)22-34(47)42-31-18-9-10-19-45(38(31)50)24-35(48)41-23-29-16-11-17-30(40)20-29/h3-8,11-17,20,26,31-33,36,46H,9-10,18-19,21-25H2,1-2H3,(H,41,48)(H,42,47)(H,43,49)(H,44,51)/t31-,32-,33-,36-/m0/s1. The number of aliphatic hydroxyl groups is 1. The molecule has 5 amide bonds. The number of alkyl carbamates (subject to hydrolysis) is 1. The largest absolute Gasteiger partial charge is 0.445 e. The Hall–Kier alpha value is -4.94. The second-order valence-corrected chi connectivity index (χ2v) is 13.7. The van der Waals surface area contributed by atoms with Crippen LogP contribution in [-0.4, -0.2) is 77.0 Å². The number of ether oxygens (including phenoxy) is 1. The number of likely N-dealkylation sites (tertiary alicyclic amines) is 1. The number of halogens is 1. The van der Waals surface area contributed by atoms with Gasteiger partial charge in [-0.25, -0.2) is 4.79 Å². The van der Waals surface area contributed by atoms with E-state index in [1.807, 2.05) is 66.7 Å². The highest BCUT2D eigenvalue weighted by molar-refractivity contribution is 6.30. The van der Waals surface area contributed by atoms with Gasteiger partial charge in [-0.15, -0.1) is 0 Å². The summed E-state index contributed by atoms with van der Waals surface area (Å²) >= 11 is 6.03. The van der Waals surface area contributed by atoms with Gasteiger partial charge in [0, 0.05) is 18.1 Å². The fourth-order valence-electron chi connectivity index (χ4n) is 5.91. The number of carbonyl (C=O) groups excluding carboxylic acids is 5. The molecule has 13 heteroatoms. The van der Waals surface area contributed by atoms with Gasteiger partial charge in [0.15, 0.2) is 0 Å². The van der Waals surface area contributed by atoms with Gasteiger partial charge in [-0.2, -0.15) is 0 Å². The van der Waals surface area contributed by atoms with Gasteiger partial charge in [0.25, 0.3) is 0 Å². The van der Waals surface area contributed by atoms with Crippen LogP contribution in [0.2, 0.25) is 5.02 Å². The summed E-state index contributed by atoms with van der Waals surface area (Å²) in [5.41, 5.74) is 2.43. The zero-order valence-corrected chi connectivity index (χ0v) is 30.3. The Labute approximate surface area is 309 Å². The molecule has 0 bridgehead atoms. The zero-order chi connectivity index (χ0) is 37.5. The molecule has 52 heavy (non-hydrogen) atoms. The van der Waals surface area contributed by atoms with Crippen LogP contribution in [-0.2, 0) is 43.5 Å². The van der Waals surface area contributed by atoms with E-state index in [1.54, 1.807) is 32.0 Å². The maximum atomic E-state index is 13.6. The molecule has 0 spiro atoms. The van der Waals surface area contributed by atoms with E-state index < -0.39 is 48.6 Å². The number of benzene rings is 3. The number of carbonyl (C=O) groups is 5. The van der Waals surface area contributed by atoms with Gasteiger partial charge in [-0.3, -0.25) is 19.2 Å². The monoisotopic (exact) mass is 733 g/mol. The molecule has 1 aliphatic heterocycles. The minimum atomic E-state index is -1.34. The van der Waals surface area contributed by atoms with Crippen molar-refractivity contribution in [1.82, 2.24) is 26.2 Å². The second kappa shape index (κ2) is 20.2. The van der Waals surface area contributed by atoms with E-state index in [0.717, 1.165) is 16.7 Å². The van der Waals surface area contributed by atoms with Crippen LogP contribution >= 0.6 is 11.6 Å². The van der Waals surface area contributed by atoms with Crippen molar-refractivity contribution in [2.45, 2.75) is 83.3 Å². The van der Waals surface area contributed by atoms with Crippen LogP contribution in [0.4, 0.5) is 4.79 Å². The van der Waals surface area contributed by atoms with Gasteiger partial charge in [-0.1, -0.05) is 98.2 Å². The van der Waals surface area contributed by atoms with Gasteiger partial charge < -0.3 is 36.0 Å². The Morgan fingerprint density at radius 2 is 1.56 bits per heavy atom. The van der Waals surface area contributed by atoms with Crippen LogP contribution in [0.25, 0.3) is 0 Å². The third-order valence-electron chi connectivity index (χ3n) is 8.75. The summed E-state index contributed by atoms with van der Waals surface area (Å²) in [5.74, 6) is -2.17. The number of rotatable bonds is 16. The first kappa shape index (κ1) is 39.8. The highest BCUT2D eigenvalue weighted by Gasteiger charge is 2.33. The van der Waals surface area contributed by atoms with Crippen molar-refractivity contribution in [3.05, 3.63) is 107 Å². The first-order valence-electron chi connectivity index (χ1n) is 17.6. The Kier molecular flexibility index (Phi) is 15.5. The molecule has 3 aromatic rings. The molecule has 1 heterocycles. The lowest BCUT2D eigenvalue weighted by Crippen LogP contribution is -2.56. The Morgan fingerprint density at radius 3 is 2.23 bits per heavy atom. The first-order valence-corrected chi connectivity index (χ1v) is 17.9. The molecule has 0 radical (unpaired) electrons. The maximum absolute atomic E-state index is 13.6. The van der Waals surface area contributed by atoms with Crippen LogP contribution in [0.3, 0.4) is 0 Å². The number of aliphatic hydroxyl groups excluding tert-OH is 1. The second-order valence-electron chi connectivity index (χ2n) is 13.3. The fraction of sp³-hybridized carbons (Fsp3) is 0.410. The van der Waals surface area contributed by atoms with Crippen molar-refractivity contribution in [3.63, 3.8) is 0 Å². The molecule has 1 fully saturated rings. The first-order chi connectivity index (χ1) is 25.0. The minimum absolute atomic E-state index is 0.0298. The Balaban J connectivity index is 1.35. The smallest absolute Gasteiger partial charge is 0.408 e. The molecule has 1 aliphatic rings. The molecule has 4 atom stereocenters. The van der Waals surface area contributed by atoms with E-state index >= 15 is 0 Å². The molecule has 0 aliphatic carbocycles. The minimum Gasteiger partial charge on any atom is -0.445 e. The van der Waals surface area contributed by atoms with E-state index in [0.29, 0.717) is 30.8 Å². The summed E-state index contributed by atoms with van der Waals surface area (Å²) in [4.78, 5) is 67.1. The van der Waals surface area contributed by atoms with E-state index in [9.17, 15) is 29.1 Å². The van der Waals surface area contributed by atoms with Crippen LogP contribution in [0.1, 0.15) is 56.2 Å². The molecule has 278 valence electrons. The van der Waals surface area contributed by atoms with E-state index in [2.05, 4.69) is 21.3 Å². The van der Waals surface area contributed by atoms with Crippen LogP contribution in [0, 0.1) is 5.92 Å². The third kappa shape index (κ3) is 13.0. The number of amides is 5. The number of nitrogens with zero attached hydrogens (tertiary/aromatic N) is 1. The number of hydrogen-bond acceptors (Lipinski definition) is 7. The molecular formula is C39H48ClN5O7. The van der Waals surface area contributed by atoms with E-state index in [4.69, 9.17) is 16.3 Å². The molecule has 0 unspecified atom stereocenters. The van der Waals surface area contributed by atoms with Gasteiger partial charge >= 0.3 is 6.09 Å². The predicted molar refractivity (Wildman–Crippen MR) is 197 cm³/mol. The molecule has 5 N–H and O–H groups in total. The van der Waals surface area contributed by atoms with Crippen molar-refractivity contribution in [2.24, 2.45) is 5.92 Å². The van der Waals surface area contributed by atoms with Gasteiger partial charge in [0.1, 0.15) is 18.7 Å². The maximum Gasteiger partial charge on any atom is 0.408 e. The lowest BCUT2D eigenvalue weighted by atomic mass is 9.97. The fourth-order valence-corrected chi connectivity index (χ4v) is 6.12. The summed E-state index contributed by atoms with van der Waals surface area (Å²) in [6, 6.07) is 22.7. The van der Waals surface area contributed by atoms with Crippen molar-refractivity contribution in [1.29, 1.82) is 0 Å². The summed E-state index contributed by atoms with van der Waals surface area (Å²) in [5, 5.41) is 22.9. The van der Waals surface area contributed by atoms with Gasteiger partial charge in [-0.05, 0) is 60.4 Å². The average Bonchev–Trinajstić information content (AvgIpc) is 3.29. The quantitative estimate of drug-likeness (QED) is 0.149. The Morgan fingerprint density at radius 1 is 0.885 bits per heavy atom. The Bertz CT molecular complexity index is 1640. The van der Waals surface area contributed by atoms with Crippen molar-refractivity contribution >= 4 is 41.3 Å². The van der Waals surface area contributed by atoms with Crippen LogP contribution < -0.4 is 21.3 Å². The highest BCUT2D eigenvalue weighted by atomic mass is 35.5. The van der Waals surface area contributed by atoms with E-state index in [1.165, 1.54) is 4.90 Å². The lowest BCUT2D eigenvalue weighted by Gasteiger charge is -2.29. The van der Waals surface area contributed by atoms with Gasteiger partial charge in [0.2, 0.25) is 23.6 Å². The SMILES string of the molecule is CC(C)[C@H](NC(=O)OCc1ccccc1)C(=O)N[C@@H](Cc1ccccc1)[C@@H](O)CC(=O)N[C@H]1CCCCN(CC(=O)NCc2cccc(Cl)c2)C1=O.